The molecule has 0 bridgehead atoms. The van der Waals surface area contributed by atoms with E-state index in [1.54, 1.807) is 4.90 Å². The van der Waals surface area contributed by atoms with E-state index in [0.717, 1.165) is 13.0 Å². The van der Waals surface area contributed by atoms with Crippen LogP contribution in [0.5, 0.6) is 0 Å². The zero-order valence-electron chi connectivity index (χ0n) is 5.10. The minimum absolute atomic E-state index is 0.608. The van der Waals surface area contributed by atoms with Gasteiger partial charge in [-0.2, -0.15) is 0 Å². The van der Waals surface area contributed by atoms with Gasteiger partial charge in [0.15, 0.2) is 6.30 Å². The number of halogens is 1. The molecule has 0 aromatic heterocycles. The van der Waals surface area contributed by atoms with Crippen LogP contribution in [0.25, 0.3) is 0 Å². The van der Waals surface area contributed by atoms with Crippen molar-refractivity contribution in [3.05, 3.63) is 6.42 Å². The fourth-order valence-corrected chi connectivity index (χ4v) is 0.870. The van der Waals surface area contributed by atoms with Gasteiger partial charge >= 0.3 is 0 Å². The molecule has 1 radical (unpaired) electrons. The molecule has 1 nitrogen and oxygen atoms in total. The highest BCUT2D eigenvalue weighted by atomic mass is 19.1. The largest absolute Gasteiger partial charge is 0.277 e. The van der Waals surface area contributed by atoms with Crippen LogP contribution in [0.15, 0.2) is 0 Å². The van der Waals surface area contributed by atoms with Gasteiger partial charge in [-0.25, -0.2) is 4.39 Å². The summed E-state index contributed by atoms with van der Waals surface area (Å²) < 4.78 is 12.5. The second kappa shape index (κ2) is 2.44. The van der Waals surface area contributed by atoms with Crippen molar-refractivity contribution in [3.8, 4) is 0 Å². The first-order valence-corrected chi connectivity index (χ1v) is 2.96. The van der Waals surface area contributed by atoms with Crippen molar-refractivity contribution in [2.24, 2.45) is 0 Å². The summed E-state index contributed by atoms with van der Waals surface area (Å²) in [5.41, 5.74) is 0. The number of nitrogens with zero attached hydrogens (tertiary/aromatic N) is 1. The third kappa shape index (κ3) is 1.19. The van der Waals surface area contributed by atoms with Crippen LogP contribution in [0.4, 0.5) is 4.39 Å². The van der Waals surface area contributed by atoms with Crippen LogP contribution in [-0.4, -0.2) is 24.8 Å². The summed E-state index contributed by atoms with van der Waals surface area (Å²) >= 11 is 0. The summed E-state index contributed by atoms with van der Waals surface area (Å²) in [5, 5.41) is 0. The lowest BCUT2D eigenvalue weighted by atomic mass is 10.1. The van der Waals surface area contributed by atoms with Crippen molar-refractivity contribution in [2.45, 2.75) is 19.1 Å². The molecule has 0 aliphatic carbocycles. The molecule has 8 heavy (non-hydrogen) atoms. The van der Waals surface area contributed by atoms with Crippen LogP contribution in [0, 0.1) is 6.42 Å². The molecule has 1 heterocycles. The Balaban J connectivity index is 2.28. The van der Waals surface area contributed by atoms with E-state index in [1.165, 1.54) is 0 Å². The summed E-state index contributed by atoms with van der Waals surface area (Å²) in [6.45, 7) is 0.876. The Morgan fingerprint density at radius 1 is 1.75 bits per heavy atom. The lowest BCUT2D eigenvalue weighted by Gasteiger charge is -2.25. The van der Waals surface area contributed by atoms with Gasteiger partial charge in [-0.15, -0.1) is 0 Å². The molecule has 1 rings (SSSR count). The molecule has 47 valence electrons. The van der Waals surface area contributed by atoms with Crippen LogP contribution in [0.3, 0.4) is 0 Å². The van der Waals surface area contributed by atoms with E-state index in [4.69, 9.17) is 0 Å². The Kier molecular flexibility index (Phi) is 1.84. The van der Waals surface area contributed by atoms with Crippen LogP contribution < -0.4 is 0 Å². The molecule has 0 spiro atoms. The van der Waals surface area contributed by atoms with E-state index in [-0.39, 0.29) is 0 Å². The molecule has 0 amide bonds. The summed E-state index contributed by atoms with van der Waals surface area (Å²) in [7, 11) is 1.82. The predicted molar refractivity (Wildman–Crippen MR) is 31.1 cm³/mol. The van der Waals surface area contributed by atoms with Crippen molar-refractivity contribution in [2.75, 3.05) is 13.6 Å². The SMILES string of the molecule is CN1CC[CH]CC1F. The predicted octanol–water partition coefficient (Wildman–Crippen LogP) is 1.21. The molecular formula is C6H11FN. The van der Waals surface area contributed by atoms with Crippen molar-refractivity contribution >= 4 is 0 Å². The van der Waals surface area contributed by atoms with Crippen LogP contribution in [0.2, 0.25) is 0 Å². The van der Waals surface area contributed by atoms with Crippen LogP contribution in [-0.2, 0) is 0 Å². The molecule has 0 aromatic carbocycles. The molecule has 1 atom stereocenters. The zero-order valence-corrected chi connectivity index (χ0v) is 5.10. The fourth-order valence-electron chi connectivity index (χ4n) is 0.870. The molecule has 0 N–H and O–H groups in total. The number of likely N-dealkylation sites (tertiary alicyclic amines) is 1. The third-order valence-electron chi connectivity index (χ3n) is 1.53. The van der Waals surface area contributed by atoms with Gasteiger partial charge < -0.3 is 0 Å². The molecule has 1 aliphatic rings. The standard InChI is InChI=1S/C6H11FN/c1-8-5-3-2-4-6(8)7/h2,6H,3-5H2,1H3. The summed E-state index contributed by atoms with van der Waals surface area (Å²) in [6, 6.07) is 0. The second-order valence-electron chi connectivity index (χ2n) is 2.23. The Morgan fingerprint density at radius 3 is 2.88 bits per heavy atom. The number of alkyl halides is 1. The maximum Gasteiger partial charge on any atom is 0.153 e. The van der Waals surface area contributed by atoms with Gasteiger partial charge in [-0.05, 0) is 26.3 Å². The first kappa shape index (κ1) is 6.02. The van der Waals surface area contributed by atoms with E-state index in [9.17, 15) is 4.39 Å². The quantitative estimate of drug-likeness (QED) is 0.430. The molecule has 0 saturated carbocycles. The van der Waals surface area contributed by atoms with E-state index in [1.807, 2.05) is 13.5 Å². The van der Waals surface area contributed by atoms with Gasteiger partial charge in [0, 0.05) is 6.54 Å². The van der Waals surface area contributed by atoms with Crippen molar-refractivity contribution in [1.82, 2.24) is 4.90 Å². The zero-order chi connectivity index (χ0) is 5.98. The average molecular weight is 116 g/mol. The molecule has 1 saturated heterocycles. The molecular weight excluding hydrogens is 105 g/mol. The van der Waals surface area contributed by atoms with Gasteiger partial charge in [0.05, 0.1) is 0 Å². The molecule has 0 aromatic rings. The van der Waals surface area contributed by atoms with Gasteiger partial charge in [0.1, 0.15) is 0 Å². The van der Waals surface area contributed by atoms with E-state index < -0.39 is 6.30 Å². The minimum atomic E-state index is -0.719. The van der Waals surface area contributed by atoms with Crippen molar-refractivity contribution < 1.29 is 4.39 Å². The number of hydrogen-bond donors (Lipinski definition) is 0. The normalized spacial score (nSPS) is 33.0. The topological polar surface area (TPSA) is 3.24 Å². The highest BCUT2D eigenvalue weighted by molar-refractivity contribution is 4.77. The Bertz CT molecular complexity index is 64.9. The second-order valence-corrected chi connectivity index (χ2v) is 2.23. The molecule has 1 unspecified atom stereocenters. The number of piperidine rings is 1. The van der Waals surface area contributed by atoms with Gasteiger partial charge in [-0.3, -0.25) is 4.90 Å². The van der Waals surface area contributed by atoms with Crippen molar-refractivity contribution in [3.63, 3.8) is 0 Å². The maximum atomic E-state index is 12.5. The lowest BCUT2D eigenvalue weighted by molar-refractivity contribution is 0.0906. The van der Waals surface area contributed by atoms with Crippen LogP contribution in [0.1, 0.15) is 12.8 Å². The first-order valence-electron chi connectivity index (χ1n) is 2.96. The summed E-state index contributed by atoms with van der Waals surface area (Å²) in [6.07, 6.45) is 2.93. The van der Waals surface area contributed by atoms with E-state index in [0.29, 0.717) is 6.42 Å². The first-order chi connectivity index (χ1) is 3.80. The lowest BCUT2D eigenvalue weighted by Crippen LogP contribution is -2.32. The minimum Gasteiger partial charge on any atom is -0.277 e. The monoisotopic (exact) mass is 116 g/mol. The van der Waals surface area contributed by atoms with Gasteiger partial charge in [0.2, 0.25) is 0 Å². The molecule has 1 fully saturated rings. The van der Waals surface area contributed by atoms with E-state index >= 15 is 0 Å². The smallest absolute Gasteiger partial charge is 0.153 e. The highest BCUT2D eigenvalue weighted by Crippen LogP contribution is 2.13. The Hall–Kier alpha value is -0.110. The fraction of sp³-hybridized carbons (Fsp3) is 0.833. The Morgan fingerprint density at radius 2 is 2.50 bits per heavy atom. The van der Waals surface area contributed by atoms with Gasteiger partial charge in [0.25, 0.3) is 0 Å². The summed E-state index contributed by atoms with van der Waals surface area (Å²) in [4.78, 5) is 1.74. The van der Waals surface area contributed by atoms with Crippen molar-refractivity contribution in [1.29, 1.82) is 0 Å². The third-order valence-corrected chi connectivity index (χ3v) is 1.53. The van der Waals surface area contributed by atoms with Crippen LogP contribution >= 0.6 is 0 Å². The number of hydrogen-bond acceptors (Lipinski definition) is 1. The van der Waals surface area contributed by atoms with E-state index in [2.05, 4.69) is 0 Å². The average Bonchev–Trinajstić information content (AvgIpc) is 1.77. The highest BCUT2D eigenvalue weighted by Gasteiger charge is 2.16. The Labute approximate surface area is 49.5 Å². The maximum absolute atomic E-state index is 12.5. The summed E-state index contributed by atoms with van der Waals surface area (Å²) in [5.74, 6) is 0. The molecule has 2 heteroatoms. The van der Waals surface area contributed by atoms with Gasteiger partial charge in [-0.1, -0.05) is 0 Å². The molecule has 1 aliphatic heterocycles. The number of rotatable bonds is 0.